The van der Waals surface area contributed by atoms with Crippen molar-refractivity contribution in [3.63, 3.8) is 0 Å². The van der Waals surface area contributed by atoms with Crippen LogP contribution >= 0.6 is 0 Å². The zero-order valence-corrected chi connectivity index (χ0v) is 13.1. The molecule has 0 unspecified atom stereocenters. The Kier molecular flexibility index (Phi) is 4.36. The summed E-state index contributed by atoms with van der Waals surface area (Å²) in [6, 6.07) is 9.58. The Morgan fingerprint density at radius 2 is 1.91 bits per heavy atom. The number of para-hydroxylation sites is 1. The molecule has 1 aromatic carbocycles. The fourth-order valence-corrected chi connectivity index (χ4v) is 2.94. The average molecular weight is 313 g/mol. The van der Waals surface area contributed by atoms with Gasteiger partial charge in [-0.3, -0.25) is 10.1 Å². The van der Waals surface area contributed by atoms with Gasteiger partial charge in [0.15, 0.2) is 0 Å². The zero-order chi connectivity index (χ0) is 16.2. The van der Waals surface area contributed by atoms with Crippen molar-refractivity contribution in [2.24, 2.45) is 0 Å². The first-order chi connectivity index (χ1) is 11.2. The summed E-state index contributed by atoms with van der Waals surface area (Å²) < 4.78 is 0. The Labute approximate surface area is 134 Å². The SMILES string of the molecule is CCN(c1ccccc1)c1ncnc(N2CCCC2)c1[N+](=O)[O-]. The minimum absolute atomic E-state index is 0.0138. The minimum Gasteiger partial charge on any atom is -0.351 e. The smallest absolute Gasteiger partial charge is 0.351 e. The van der Waals surface area contributed by atoms with Crippen LogP contribution in [0, 0.1) is 10.1 Å². The second-order valence-electron chi connectivity index (χ2n) is 5.40. The summed E-state index contributed by atoms with van der Waals surface area (Å²) in [5.41, 5.74) is 0.865. The molecule has 0 bridgehead atoms. The van der Waals surface area contributed by atoms with Crippen LogP contribution in [0.2, 0.25) is 0 Å². The maximum absolute atomic E-state index is 11.7. The van der Waals surface area contributed by atoms with Crippen LogP contribution in [0.3, 0.4) is 0 Å². The molecule has 2 aromatic rings. The molecule has 2 heterocycles. The number of nitro groups is 1. The van der Waals surface area contributed by atoms with E-state index < -0.39 is 0 Å². The first kappa shape index (κ1) is 15.2. The van der Waals surface area contributed by atoms with Crippen LogP contribution in [0.5, 0.6) is 0 Å². The van der Waals surface area contributed by atoms with Gasteiger partial charge in [0.05, 0.1) is 4.92 Å². The summed E-state index contributed by atoms with van der Waals surface area (Å²) in [6.45, 7) is 4.14. The highest BCUT2D eigenvalue weighted by molar-refractivity contribution is 5.76. The molecular weight excluding hydrogens is 294 g/mol. The molecule has 0 saturated carbocycles. The lowest BCUT2D eigenvalue weighted by molar-refractivity contribution is -0.383. The Hall–Kier alpha value is -2.70. The normalized spacial score (nSPS) is 14.0. The van der Waals surface area contributed by atoms with Gasteiger partial charge in [-0.2, -0.15) is 0 Å². The van der Waals surface area contributed by atoms with E-state index in [4.69, 9.17) is 0 Å². The highest BCUT2D eigenvalue weighted by Crippen LogP contribution is 2.38. The highest BCUT2D eigenvalue weighted by Gasteiger charge is 2.31. The van der Waals surface area contributed by atoms with Crippen LogP contribution in [0.4, 0.5) is 23.0 Å². The first-order valence-electron chi connectivity index (χ1n) is 7.79. The van der Waals surface area contributed by atoms with E-state index in [1.165, 1.54) is 6.33 Å². The molecule has 0 aliphatic carbocycles. The van der Waals surface area contributed by atoms with Crippen LogP contribution in [-0.4, -0.2) is 34.5 Å². The van der Waals surface area contributed by atoms with Gasteiger partial charge in [0.1, 0.15) is 6.33 Å². The van der Waals surface area contributed by atoms with Crippen molar-refractivity contribution in [1.82, 2.24) is 9.97 Å². The van der Waals surface area contributed by atoms with Crippen molar-refractivity contribution >= 4 is 23.0 Å². The summed E-state index contributed by atoms with van der Waals surface area (Å²) in [4.78, 5) is 23.6. The molecule has 1 aromatic heterocycles. The third-order valence-corrected chi connectivity index (χ3v) is 4.01. The molecule has 1 aliphatic rings. The summed E-state index contributed by atoms with van der Waals surface area (Å²) in [5, 5.41) is 11.7. The molecule has 1 fully saturated rings. The largest absolute Gasteiger partial charge is 0.353 e. The summed E-state index contributed by atoms with van der Waals surface area (Å²) >= 11 is 0. The predicted octanol–water partition coefficient (Wildman–Crippen LogP) is 3.14. The molecule has 0 spiro atoms. The molecule has 3 rings (SSSR count). The van der Waals surface area contributed by atoms with E-state index in [-0.39, 0.29) is 10.6 Å². The maximum Gasteiger partial charge on any atom is 0.353 e. The Morgan fingerprint density at radius 1 is 1.22 bits per heavy atom. The molecule has 1 saturated heterocycles. The third-order valence-electron chi connectivity index (χ3n) is 4.01. The molecular formula is C16H19N5O2. The number of rotatable bonds is 5. The predicted molar refractivity (Wildman–Crippen MR) is 89.3 cm³/mol. The van der Waals surface area contributed by atoms with Gasteiger partial charge < -0.3 is 9.80 Å². The van der Waals surface area contributed by atoms with E-state index >= 15 is 0 Å². The Morgan fingerprint density at radius 3 is 2.52 bits per heavy atom. The molecule has 0 radical (unpaired) electrons. The first-order valence-corrected chi connectivity index (χ1v) is 7.79. The van der Waals surface area contributed by atoms with Crippen molar-refractivity contribution in [2.75, 3.05) is 29.4 Å². The van der Waals surface area contributed by atoms with E-state index in [1.807, 2.05) is 47.1 Å². The number of hydrogen-bond donors (Lipinski definition) is 0. The van der Waals surface area contributed by atoms with Gasteiger partial charge in [0, 0.05) is 25.3 Å². The fraction of sp³-hybridized carbons (Fsp3) is 0.375. The van der Waals surface area contributed by atoms with E-state index in [2.05, 4.69) is 9.97 Å². The van der Waals surface area contributed by atoms with Crippen LogP contribution in [0.25, 0.3) is 0 Å². The number of hydrogen-bond acceptors (Lipinski definition) is 6. The van der Waals surface area contributed by atoms with Crippen LogP contribution in [-0.2, 0) is 0 Å². The topological polar surface area (TPSA) is 75.4 Å². The molecule has 120 valence electrons. The van der Waals surface area contributed by atoms with Gasteiger partial charge in [-0.1, -0.05) is 18.2 Å². The van der Waals surface area contributed by atoms with Crippen LogP contribution in [0.1, 0.15) is 19.8 Å². The molecule has 0 atom stereocenters. The van der Waals surface area contributed by atoms with Crippen LogP contribution < -0.4 is 9.80 Å². The van der Waals surface area contributed by atoms with Crippen molar-refractivity contribution in [3.8, 4) is 0 Å². The molecule has 23 heavy (non-hydrogen) atoms. The highest BCUT2D eigenvalue weighted by atomic mass is 16.6. The summed E-state index contributed by atoms with van der Waals surface area (Å²) in [7, 11) is 0. The van der Waals surface area contributed by atoms with Gasteiger partial charge in [-0.05, 0) is 31.9 Å². The van der Waals surface area contributed by atoms with E-state index in [0.29, 0.717) is 18.2 Å². The molecule has 0 amide bonds. The molecule has 7 heteroatoms. The second kappa shape index (κ2) is 6.60. The molecule has 1 aliphatic heterocycles. The van der Waals surface area contributed by atoms with Gasteiger partial charge in [-0.15, -0.1) is 0 Å². The van der Waals surface area contributed by atoms with Crippen molar-refractivity contribution in [2.45, 2.75) is 19.8 Å². The van der Waals surface area contributed by atoms with Crippen LogP contribution in [0.15, 0.2) is 36.7 Å². The van der Waals surface area contributed by atoms with E-state index in [9.17, 15) is 10.1 Å². The minimum atomic E-state index is -0.366. The van der Waals surface area contributed by atoms with E-state index in [0.717, 1.165) is 31.6 Å². The summed E-state index contributed by atoms with van der Waals surface area (Å²) in [5.74, 6) is 0.771. The lowest BCUT2D eigenvalue weighted by Crippen LogP contribution is -2.24. The summed E-state index contributed by atoms with van der Waals surface area (Å²) in [6.07, 6.45) is 3.49. The van der Waals surface area contributed by atoms with Gasteiger partial charge in [0.2, 0.25) is 11.6 Å². The van der Waals surface area contributed by atoms with Gasteiger partial charge >= 0.3 is 5.69 Å². The number of benzene rings is 1. The van der Waals surface area contributed by atoms with Gasteiger partial charge in [-0.25, -0.2) is 9.97 Å². The number of anilines is 3. The number of aromatic nitrogens is 2. The van der Waals surface area contributed by atoms with Gasteiger partial charge in [0.25, 0.3) is 0 Å². The van der Waals surface area contributed by atoms with Crippen molar-refractivity contribution in [3.05, 3.63) is 46.8 Å². The zero-order valence-electron chi connectivity index (χ0n) is 13.1. The number of nitrogens with zero attached hydrogens (tertiary/aromatic N) is 5. The third kappa shape index (κ3) is 2.94. The fourth-order valence-electron chi connectivity index (χ4n) is 2.94. The lowest BCUT2D eigenvalue weighted by atomic mass is 10.2. The van der Waals surface area contributed by atoms with E-state index in [1.54, 1.807) is 0 Å². The van der Waals surface area contributed by atoms with Crippen molar-refractivity contribution in [1.29, 1.82) is 0 Å². The molecule has 0 N–H and O–H groups in total. The molecule has 7 nitrogen and oxygen atoms in total. The van der Waals surface area contributed by atoms with Crippen molar-refractivity contribution < 1.29 is 4.92 Å². The monoisotopic (exact) mass is 313 g/mol. The average Bonchev–Trinajstić information content (AvgIpc) is 3.10. The Balaban J connectivity index is 2.10. The standard InChI is InChI=1S/C16H19N5O2/c1-2-20(13-8-4-3-5-9-13)16-14(21(22)23)15(17-12-18-16)19-10-6-7-11-19/h3-5,8-9,12H,2,6-7,10-11H2,1H3. The lowest BCUT2D eigenvalue weighted by Gasteiger charge is -2.24. The Bertz CT molecular complexity index is 686. The maximum atomic E-state index is 11.7. The quantitative estimate of drug-likeness (QED) is 0.623. The second-order valence-corrected chi connectivity index (χ2v) is 5.40.